The van der Waals surface area contributed by atoms with Crippen molar-refractivity contribution >= 4 is 11.9 Å². The van der Waals surface area contributed by atoms with Crippen LogP contribution in [0.15, 0.2) is 6.20 Å². The number of rotatable bonds is 9. The quantitative estimate of drug-likeness (QED) is 0.588. The van der Waals surface area contributed by atoms with Gasteiger partial charge in [-0.05, 0) is 19.3 Å². The Kier molecular flexibility index (Phi) is 6.91. The molecule has 0 fully saturated rings. The van der Waals surface area contributed by atoms with Gasteiger partial charge in [-0.15, -0.1) is 0 Å². The van der Waals surface area contributed by atoms with E-state index in [2.05, 4.69) is 22.2 Å². The monoisotopic (exact) mass is 252 g/mol. The van der Waals surface area contributed by atoms with Gasteiger partial charge in [0.2, 0.25) is 5.91 Å². The zero-order valence-electron chi connectivity index (χ0n) is 11.2. The molecule has 0 saturated carbocycles. The van der Waals surface area contributed by atoms with Crippen LogP contribution in [-0.2, 0) is 11.2 Å². The lowest BCUT2D eigenvalue weighted by Crippen LogP contribution is -2.24. The fraction of sp³-hybridized carbons (Fsp3) is 0.692. The number of aromatic nitrogens is 2. The molecule has 1 aromatic heterocycles. The third-order valence-electron chi connectivity index (χ3n) is 2.85. The normalized spacial score (nSPS) is 10.5. The van der Waals surface area contributed by atoms with Gasteiger partial charge in [0.15, 0.2) is 5.95 Å². The van der Waals surface area contributed by atoms with Crippen molar-refractivity contribution in [2.24, 2.45) is 0 Å². The lowest BCUT2D eigenvalue weighted by atomic mass is 10.2. The van der Waals surface area contributed by atoms with Crippen molar-refractivity contribution in [1.29, 1.82) is 0 Å². The van der Waals surface area contributed by atoms with Crippen LogP contribution in [-0.4, -0.2) is 22.4 Å². The second-order valence-corrected chi connectivity index (χ2v) is 4.56. The van der Waals surface area contributed by atoms with Gasteiger partial charge < -0.3 is 16.0 Å². The number of unbranched alkanes of at least 4 members (excludes halogenated alkanes) is 3. The van der Waals surface area contributed by atoms with E-state index in [0.29, 0.717) is 12.4 Å². The summed E-state index contributed by atoms with van der Waals surface area (Å²) in [5.41, 5.74) is 6.46. The van der Waals surface area contributed by atoms with Crippen LogP contribution < -0.4 is 11.1 Å². The van der Waals surface area contributed by atoms with Gasteiger partial charge in [0, 0.05) is 18.7 Å². The van der Waals surface area contributed by atoms with Crippen molar-refractivity contribution in [3.8, 4) is 0 Å². The maximum Gasteiger partial charge on any atom is 0.220 e. The molecule has 5 nitrogen and oxygen atoms in total. The topological polar surface area (TPSA) is 83.8 Å². The Hall–Kier alpha value is -1.52. The van der Waals surface area contributed by atoms with E-state index in [1.807, 2.05) is 0 Å². The number of carbonyl (C=O) groups excluding carboxylic acids is 1. The number of nitrogens with two attached hydrogens (primary N) is 1. The van der Waals surface area contributed by atoms with E-state index in [1.54, 1.807) is 6.20 Å². The second-order valence-electron chi connectivity index (χ2n) is 4.56. The number of aromatic amines is 1. The van der Waals surface area contributed by atoms with E-state index in [9.17, 15) is 4.79 Å². The number of carbonyl (C=O) groups is 1. The number of hydrogen-bond donors (Lipinski definition) is 3. The number of nitrogen functional groups attached to an aromatic ring is 1. The van der Waals surface area contributed by atoms with Crippen LogP contribution in [0, 0.1) is 0 Å². The highest BCUT2D eigenvalue weighted by atomic mass is 16.1. The van der Waals surface area contributed by atoms with E-state index < -0.39 is 0 Å². The summed E-state index contributed by atoms with van der Waals surface area (Å²) >= 11 is 0. The molecule has 0 aliphatic rings. The molecular formula is C13H24N4O. The largest absolute Gasteiger partial charge is 0.369 e. The average molecular weight is 252 g/mol. The minimum atomic E-state index is 0.138. The summed E-state index contributed by atoms with van der Waals surface area (Å²) in [5, 5.41) is 2.94. The highest BCUT2D eigenvalue weighted by Gasteiger charge is 2.02. The Bertz CT molecular complexity index is 349. The summed E-state index contributed by atoms with van der Waals surface area (Å²) in [6.07, 6.45) is 8.67. The van der Waals surface area contributed by atoms with Gasteiger partial charge in [0.1, 0.15) is 0 Å². The van der Waals surface area contributed by atoms with Gasteiger partial charge in [-0.1, -0.05) is 26.2 Å². The summed E-state index contributed by atoms with van der Waals surface area (Å²) in [5.74, 6) is 0.573. The van der Waals surface area contributed by atoms with Gasteiger partial charge in [-0.3, -0.25) is 4.79 Å². The number of H-pyrrole nitrogens is 1. The lowest BCUT2D eigenvalue weighted by Gasteiger charge is -2.04. The Labute approximate surface area is 109 Å². The Morgan fingerprint density at radius 3 is 2.89 bits per heavy atom. The van der Waals surface area contributed by atoms with Gasteiger partial charge in [0.05, 0.1) is 6.20 Å². The predicted octanol–water partition coefficient (Wildman–Crippen LogP) is 2.01. The van der Waals surface area contributed by atoms with E-state index in [1.165, 1.54) is 19.3 Å². The summed E-state index contributed by atoms with van der Waals surface area (Å²) < 4.78 is 0. The fourth-order valence-corrected chi connectivity index (χ4v) is 1.81. The Morgan fingerprint density at radius 1 is 1.39 bits per heavy atom. The van der Waals surface area contributed by atoms with Crippen LogP contribution >= 0.6 is 0 Å². The van der Waals surface area contributed by atoms with Gasteiger partial charge >= 0.3 is 0 Å². The number of nitrogens with one attached hydrogen (secondary N) is 2. The molecule has 1 rings (SSSR count). The van der Waals surface area contributed by atoms with Crippen LogP contribution in [0.5, 0.6) is 0 Å². The number of aryl methyl sites for hydroxylation is 1. The molecule has 0 aliphatic carbocycles. The van der Waals surface area contributed by atoms with Crippen LogP contribution in [0.25, 0.3) is 0 Å². The molecule has 0 spiro atoms. The first kappa shape index (κ1) is 14.5. The first-order chi connectivity index (χ1) is 8.72. The van der Waals surface area contributed by atoms with Crippen molar-refractivity contribution in [2.45, 2.75) is 51.9 Å². The van der Waals surface area contributed by atoms with Gasteiger partial charge in [-0.2, -0.15) is 0 Å². The number of imidazole rings is 1. The smallest absolute Gasteiger partial charge is 0.220 e. The van der Waals surface area contributed by atoms with Crippen molar-refractivity contribution in [2.75, 3.05) is 12.3 Å². The standard InChI is InChI=1S/C13H24N4O/c1-2-3-4-5-9-15-12(18)8-6-7-11-10-16-13(14)17-11/h10H,2-9H2,1H3,(H,15,18)(H3,14,16,17). The fourth-order valence-electron chi connectivity index (χ4n) is 1.81. The summed E-state index contributed by atoms with van der Waals surface area (Å²) in [4.78, 5) is 18.4. The van der Waals surface area contributed by atoms with Crippen LogP contribution in [0.1, 0.15) is 51.1 Å². The zero-order valence-corrected chi connectivity index (χ0v) is 11.2. The molecule has 0 unspecified atom stereocenters. The number of amides is 1. The van der Waals surface area contributed by atoms with Gasteiger partial charge in [-0.25, -0.2) is 4.98 Å². The third-order valence-corrected chi connectivity index (χ3v) is 2.85. The summed E-state index contributed by atoms with van der Waals surface area (Å²) in [6, 6.07) is 0. The van der Waals surface area contributed by atoms with Crippen LogP contribution in [0.4, 0.5) is 5.95 Å². The molecule has 0 saturated heterocycles. The van der Waals surface area contributed by atoms with Crippen molar-refractivity contribution in [3.05, 3.63) is 11.9 Å². The first-order valence-corrected chi connectivity index (χ1v) is 6.78. The molecule has 102 valence electrons. The zero-order chi connectivity index (χ0) is 13.2. The Morgan fingerprint density at radius 2 is 2.22 bits per heavy atom. The second kappa shape index (κ2) is 8.55. The third kappa shape index (κ3) is 6.27. The van der Waals surface area contributed by atoms with Gasteiger partial charge in [0.25, 0.3) is 0 Å². The van der Waals surface area contributed by atoms with E-state index >= 15 is 0 Å². The van der Waals surface area contributed by atoms with Crippen molar-refractivity contribution < 1.29 is 4.79 Å². The molecule has 0 aliphatic heterocycles. The molecule has 0 atom stereocenters. The van der Waals surface area contributed by atoms with Crippen molar-refractivity contribution in [1.82, 2.24) is 15.3 Å². The van der Waals surface area contributed by atoms with E-state index in [0.717, 1.165) is 31.5 Å². The minimum absolute atomic E-state index is 0.138. The molecule has 0 aromatic carbocycles. The van der Waals surface area contributed by atoms with Crippen LogP contribution in [0.2, 0.25) is 0 Å². The Balaban J connectivity index is 2.00. The first-order valence-electron chi connectivity index (χ1n) is 6.78. The van der Waals surface area contributed by atoms with E-state index in [4.69, 9.17) is 5.73 Å². The molecule has 0 bridgehead atoms. The number of nitrogens with zero attached hydrogens (tertiary/aromatic N) is 1. The lowest BCUT2D eigenvalue weighted by molar-refractivity contribution is -0.121. The molecule has 18 heavy (non-hydrogen) atoms. The van der Waals surface area contributed by atoms with E-state index in [-0.39, 0.29) is 5.91 Å². The van der Waals surface area contributed by atoms with Crippen LogP contribution in [0.3, 0.4) is 0 Å². The highest BCUT2D eigenvalue weighted by molar-refractivity contribution is 5.75. The van der Waals surface area contributed by atoms with Crippen molar-refractivity contribution in [3.63, 3.8) is 0 Å². The molecule has 1 amide bonds. The summed E-state index contributed by atoms with van der Waals surface area (Å²) in [6.45, 7) is 2.98. The highest BCUT2D eigenvalue weighted by Crippen LogP contribution is 2.03. The molecule has 4 N–H and O–H groups in total. The average Bonchev–Trinajstić information content (AvgIpc) is 2.75. The molecule has 1 heterocycles. The minimum Gasteiger partial charge on any atom is -0.369 e. The molecule has 1 aromatic rings. The maximum absolute atomic E-state index is 11.5. The molecular weight excluding hydrogens is 228 g/mol. The number of hydrogen-bond acceptors (Lipinski definition) is 3. The summed E-state index contributed by atoms with van der Waals surface area (Å²) in [7, 11) is 0. The maximum atomic E-state index is 11.5. The molecule has 5 heteroatoms. The predicted molar refractivity (Wildman–Crippen MR) is 73.1 cm³/mol. The molecule has 0 radical (unpaired) electrons. The SMILES string of the molecule is CCCCCCNC(=O)CCCc1cnc(N)[nH]1. The number of anilines is 1.